The summed E-state index contributed by atoms with van der Waals surface area (Å²) >= 11 is 6.71. The summed E-state index contributed by atoms with van der Waals surface area (Å²) < 4.78 is 12.7. The zero-order valence-corrected chi connectivity index (χ0v) is 34.4. The molecule has 1 spiro atoms. The number of aliphatic hydroxyl groups excluding tert-OH is 1. The fourth-order valence-electron chi connectivity index (χ4n) is 8.83. The van der Waals surface area contributed by atoms with Gasteiger partial charge in [0.2, 0.25) is 5.91 Å². The Labute approximate surface area is 340 Å². The lowest BCUT2D eigenvalue weighted by atomic mass is 9.82. The van der Waals surface area contributed by atoms with Crippen LogP contribution in [0.2, 0.25) is 23.7 Å². The predicted octanol–water partition coefficient (Wildman–Crippen LogP) is 7.77. The molecule has 57 heavy (non-hydrogen) atoms. The van der Waals surface area contributed by atoms with Gasteiger partial charge in [0.1, 0.15) is 5.75 Å². The summed E-state index contributed by atoms with van der Waals surface area (Å²) in [5.41, 5.74) is 2.83. The van der Waals surface area contributed by atoms with Gasteiger partial charge in [-0.2, -0.15) is 0 Å². The van der Waals surface area contributed by atoms with Gasteiger partial charge in [-0.1, -0.05) is 110 Å². The molecule has 1 fully saturated rings. The number of aliphatic hydroxyl groups is 1. The highest BCUT2D eigenvalue weighted by Crippen LogP contribution is 2.60. The topological polar surface area (TPSA) is 108 Å². The highest BCUT2D eigenvalue weighted by molar-refractivity contribution is 6.91. The van der Waals surface area contributed by atoms with E-state index in [4.69, 9.17) is 21.1 Å². The van der Waals surface area contributed by atoms with Gasteiger partial charge < -0.3 is 29.7 Å². The Morgan fingerprint density at radius 2 is 1.58 bits per heavy atom. The van der Waals surface area contributed by atoms with Crippen LogP contribution < -0.4 is 20.1 Å². The van der Waals surface area contributed by atoms with Crippen molar-refractivity contribution in [1.29, 1.82) is 0 Å². The Hall–Kier alpha value is -5.26. The van der Waals surface area contributed by atoms with Crippen molar-refractivity contribution in [3.8, 4) is 5.75 Å². The van der Waals surface area contributed by atoms with Crippen LogP contribution in [-0.2, 0) is 33.0 Å². The lowest BCUT2D eigenvalue weighted by Crippen LogP contribution is -2.52. The molecule has 5 aromatic carbocycles. The van der Waals surface area contributed by atoms with Crippen LogP contribution in [0.25, 0.3) is 0 Å². The van der Waals surface area contributed by atoms with Crippen molar-refractivity contribution >= 4 is 54.0 Å². The molecule has 2 N–H and O–H groups in total. The third kappa shape index (κ3) is 7.87. The molecule has 0 aliphatic carbocycles. The molecule has 1 saturated heterocycles. The molecule has 7 rings (SSSR count). The van der Waals surface area contributed by atoms with Gasteiger partial charge >= 0.3 is 0 Å². The second-order valence-electron chi connectivity index (χ2n) is 15.5. The van der Waals surface area contributed by atoms with Crippen LogP contribution in [0.5, 0.6) is 5.75 Å². The van der Waals surface area contributed by atoms with E-state index in [0.717, 1.165) is 22.1 Å². The van der Waals surface area contributed by atoms with Crippen LogP contribution in [0.4, 0.5) is 11.4 Å². The van der Waals surface area contributed by atoms with Crippen molar-refractivity contribution in [2.75, 3.05) is 30.5 Å². The van der Waals surface area contributed by atoms with E-state index >= 15 is 4.79 Å². The number of anilines is 2. The average molecular weight is 802 g/mol. The van der Waals surface area contributed by atoms with Crippen molar-refractivity contribution in [3.63, 3.8) is 0 Å². The van der Waals surface area contributed by atoms with Gasteiger partial charge in [0.05, 0.1) is 46.5 Å². The van der Waals surface area contributed by atoms with E-state index in [2.05, 4.69) is 37.5 Å². The number of methoxy groups -OCH3 is 1. The van der Waals surface area contributed by atoms with Crippen molar-refractivity contribution in [1.82, 2.24) is 4.90 Å². The van der Waals surface area contributed by atoms with E-state index in [9.17, 15) is 14.7 Å². The summed E-state index contributed by atoms with van der Waals surface area (Å²) in [4.78, 5) is 45.8. The van der Waals surface area contributed by atoms with Crippen LogP contribution in [0, 0.1) is 5.92 Å². The van der Waals surface area contributed by atoms with E-state index in [1.165, 1.54) is 0 Å². The molecule has 5 aromatic rings. The molecule has 294 valence electrons. The summed E-state index contributed by atoms with van der Waals surface area (Å²) in [7, 11) is -0.899. The van der Waals surface area contributed by atoms with Crippen LogP contribution in [-0.4, -0.2) is 62.2 Å². The van der Waals surface area contributed by atoms with Gasteiger partial charge in [0.15, 0.2) is 5.60 Å². The molecule has 2 aliphatic rings. The maximum atomic E-state index is 15.3. The second-order valence-corrected chi connectivity index (χ2v) is 20.6. The van der Waals surface area contributed by atoms with Gasteiger partial charge in [-0.3, -0.25) is 14.4 Å². The molecule has 2 aliphatic heterocycles. The van der Waals surface area contributed by atoms with Crippen LogP contribution in [0.1, 0.15) is 40.4 Å². The van der Waals surface area contributed by atoms with Gasteiger partial charge in [-0.25, -0.2) is 0 Å². The Balaban J connectivity index is 1.23. The first-order valence-electron chi connectivity index (χ1n) is 19.3. The molecule has 0 bridgehead atoms. The number of amides is 3. The molecule has 0 aromatic heterocycles. The number of carbonyl (C=O) groups is 3. The SMILES string of the molecule is COc1ccc([Si](C)(C)[C@@H]2[C@@H](CC(=O)N(CCO)Cc3ccccc3)O[C@]3(C(=O)N(Cc4ccc(NC(=O)c5ccccc5)cc4)c4ccc(Cl)cc43)[C@H]2C)cc1. The lowest BCUT2D eigenvalue weighted by molar-refractivity contribution is -0.150. The highest BCUT2D eigenvalue weighted by Gasteiger charge is 2.66. The summed E-state index contributed by atoms with van der Waals surface area (Å²) in [5, 5.41) is 14.6. The number of rotatable bonds is 13. The maximum absolute atomic E-state index is 15.3. The van der Waals surface area contributed by atoms with E-state index < -0.39 is 19.8 Å². The number of hydrogen-bond acceptors (Lipinski definition) is 6. The van der Waals surface area contributed by atoms with Gasteiger partial charge in [0, 0.05) is 40.8 Å². The highest BCUT2D eigenvalue weighted by atomic mass is 35.5. The van der Waals surface area contributed by atoms with E-state index in [1.54, 1.807) is 35.1 Å². The minimum Gasteiger partial charge on any atom is -0.497 e. The number of ether oxygens (including phenoxy) is 2. The number of benzene rings is 5. The smallest absolute Gasteiger partial charge is 0.264 e. The Bertz CT molecular complexity index is 2220. The quantitative estimate of drug-likeness (QED) is 0.118. The fraction of sp³-hybridized carbons (Fsp3) is 0.283. The Morgan fingerprint density at radius 1 is 0.912 bits per heavy atom. The standard InChI is InChI=1S/C46H48ClN3O6Si/c1-31-43(57(3,4)38-22-20-37(55-2)21-23-38)41(28-42(52)49(25-26-51)29-32-11-7-5-8-12-32)56-46(31)39-27-35(47)17-24-40(39)50(45(46)54)30-33-15-18-36(19-16-33)48-44(53)34-13-9-6-10-14-34/h5-24,27,31,41,43,51H,25-26,28-30H2,1-4H3,(H,48,53)/t31-,41+,43-,46+/m0/s1. The van der Waals surface area contributed by atoms with Gasteiger partial charge in [0.25, 0.3) is 11.8 Å². The van der Waals surface area contributed by atoms with Gasteiger partial charge in [-0.05, 0) is 71.3 Å². The number of nitrogens with zero attached hydrogens (tertiary/aromatic N) is 2. The molecule has 4 atom stereocenters. The lowest BCUT2D eigenvalue weighted by Gasteiger charge is -2.37. The third-order valence-corrected chi connectivity index (χ3v) is 16.3. The van der Waals surface area contributed by atoms with Crippen molar-refractivity contribution in [2.24, 2.45) is 5.92 Å². The first-order chi connectivity index (χ1) is 27.5. The number of nitrogens with one attached hydrogen (secondary N) is 1. The molecule has 0 saturated carbocycles. The zero-order valence-electron chi connectivity index (χ0n) is 32.7. The Morgan fingerprint density at radius 3 is 2.23 bits per heavy atom. The van der Waals surface area contributed by atoms with Crippen LogP contribution in [0.15, 0.2) is 127 Å². The predicted molar refractivity (Wildman–Crippen MR) is 227 cm³/mol. The summed E-state index contributed by atoms with van der Waals surface area (Å²) in [6.45, 7) is 7.23. The minimum absolute atomic E-state index is 0.0372. The van der Waals surface area contributed by atoms with E-state index in [-0.39, 0.29) is 55.3 Å². The van der Waals surface area contributed by atoms with E-state index in [1.807, 2.05) is 97.1 Å². The van der Waals surface area contributed by atoms with Crippen molar-refractivity contribution < 1.29 is 29.0 Å². The first-order valence-corrected chi connectivity index (χ1v) is 22.7. The van der Waals surface area contributed by atoms with Crippen LogP contribution in [0.3, 0.4) is 0 Å². The van der Waals surface area contributed by atoms with Crippen molar-refractivity contribution in [2.45, 2.75) is 56.8 Å². The molecule has 0 unspecified atom stereocenters. The van der Waals surface area contributed by atoms with Crippen molar-refractivity contribution in [3.05, 3.63) is 155 Å². The third-order valence-electron chi connectivity index (χ3n) is 11.7. The minimum atomic E-state index is -2.54. The molecule has 3 amide bonds. The second kappa shape index (κ2) is 16.7. The monoisotopic (exact) mass is 801 g/mol. The number of halogens is 1. The van der Waals surface area contributed by atoms with Crippen LogP contribution >= 0.6 is 11.6 Å². The van der Waals surface area contributed by atoms with Gasteiger partial charge in [-0.15, -0.1) is 0 Å². The molecular formula is C46H48ClN3O6Si. The molecule has 0 radical (unpaired) electrons. The molecule has 2 heterocycles. The number of fused-ring (bicyclic) bond motifs is 2. The summed E-state index contributed by atoms with van der Waals surface area (Å²) in [5.74, 6) is -0.157. The summed E-state index contributed by atoms with van der Waals surface area (Å²) in [6, 6.07) is 39.8. The molecule has 11 heteroatoms. The number of hydrogen-bond donors (Lipinski definition) is 2. The number of carbonyl (C=O) groups excluding carboxylic acids is 3. The average Bonchev–Trinajstić information content (AvgIpc) is 3.64. The fourth-order valence-corrected chi connectivity index (χ4v) is 13.0. The normalized spacial score (nSPS) is 20.1. The zero-order chi connectivity index (χ0) is 40.3. The van der Waals surface area contributed by atoms with E-state index in [0.29, 0.717) is 34.1 Å². The Kier molecular flexibility index (Phi) is 11.7. The molecule has 9 nitrogen and oxygen atoms in total. The molecular weight excluding hydrogens is 754 g/mol. The maximum Gasteiger partial charge on any atom is 0.264 e. The first kappa shape index (κ1) is 40.0. The largest absolute Gasteiger partial charge is 0.497 e. The summed E-state index contributed by atoms with van der Waals surface area (Å²) in [6.07, 6.45) is -0.577.